The maximum absolute atomic E-state index is 3.44. The topological polar surface area (TPSA) is 3.24 Å². The lowest BCUT2D eigenvalue weighted by molar-refractivity contribution is 0.217. The second-order valence-electron chi connectivity index (χ2n) is 5.05. The largest absolute Gasteiger partial charge is 0.290 e. The van der Waals surface area contributed by atoms with Gasteiger partial charge in [0.15, 0.2) is 0 Å². The molecule has 1 atom stereocenters. The van der Waals surface area contributed by atoms with Gasteiger partial charge in [-0.2, -0.15) is 0 Å². The average Bonchev–Trinajstić information content (AvgIpc) is 2.34. The van der Waals surface area contributed by atoms with Crippen molar-refractivity contribution in [2.24, 2.45) is 5.92 Å². The van der Waals surface area contributed by atoms with Crippen LogP contribution in [0.15, 0.2) is 24.3 Å². The van der Waals surface area contributed by atoms with Crippen molar-refractivity contribution in [2.75, 3.05) is 13.1 Å². The van der Waals surface area contributed by atoms with Gasteiger partial charge in [0.25, 0.3) is 0 Å². The third-order valence-corrected chi connectivity index (χ3v) is 3.22. The minimum absolute atomic E-state index is 0.348. The van der Waals surface area contributed by atoms with E-state index in [0.29, 0.717) is 12.0 Å². The fraction of sp³-hybridized carbons (Fsp3) is 0.529. The van der Waals surface area contributed by atoms with Gasteiger partial charge in [-0.05, 0) is 43.6 Å². The van der Waals surface area contributed by atoms with Crippen LogP contribution in [0.4, 0.5) is 0 Å². The molecule has 0 saturated carbocycles. The zero-order valence-electron chi connectivity index (χ0n) is 12.3. The molecule has 0 amide bonds. The van der Waals surface area contributed by atoms with Crippen molar-refractivity contribution in [1.82, 2.24) is 4.90 Å². The van der Waals surface area contributed by atoms with E-state index < -0.39 is 0 Å². The Balaban J connectivity index is 2.91. The van der Waals surface area contributed by atoms with Crippen molar-refractivity contribution in [2.45, 2.75) is 40.7 Å². The smallest absolute Gasteiger partial charge is 0.0741 e. The van der Waals surface area contributed by atoms with Gasteiger partial charge in [0.2, 0.25) is 0 Å². The summed E-state index contributed by atoms with van der Waals surface area (Å²) >= 11 is 0. The number of hydrogen-bond donors (Lipinski definition) is 0. The van der Waals surface area contributed by atoms with Crippen molar-refractivity contribution in [3.05, 3.63) is 35.4 Å². The lowest BCUT2D eigenvalue weighted by atomic mass is 10.0. The Morgan fingerprint density at radius 3 is 2.33 bits per heavy atom. The van der Waals surface area contributed by atoms with Gasteiger partial charge in [-0.15, -0.1) is 0 Å². The number of benzene rings is 1. The van der Waals surface area contributed by atoms with E-state index in [1.54, 1.807) is 0 Å². The minimum atomic E-state index is 0.348. The Bertz CT molecular complexity index is 419. The molecule has 0 aliphatic heterocycles. The van der Waals surface area contributed by atoms with E-state index in [4.69, 9.17) is 0 Å². The normalized spacial score (nSPS) is 12.4. The first-order valence-electron chi connectivity index (χ1n) is 6.90. The first-order chi connectivity index (χ1) is 8.58. The zero-order valence-corrected chi connectivity index (χ0v) is 12.3. The Hall–Kier alpha value is -1.26. The molecule has 0 N–H and O–H groups in total. The van der Waals surface area contributed by atoms with Crippen molar-refractivity contribution < 1.29 is 0 Å². The molecule has 0 aromatic heterocycles. The average molecular weight is 243 g/mol. The Morgan fingerprint density at radius 2 is 1.83 bits per heavy atom. The van der Waals surface area contributed by atoms with Crippen LogP contribution in [0.25, 0.3) is 0 Å². The number of rotatable bonds is 4. The van der Waals surface area contributed by atoms with Crippen LogP contribution in [0.1, 0.15) is 38.8 Å². The van der Waals surface area contributed by atoms with Crippen molar-refractivity contribution in [3.63, 3.8) is 0 Å². The highest BCUT2D eigenvalue weighted by Crippen LogP contribution is 2.10. The Morgan fingerprint density at radius 1 is 1.17 bits per heavy atom. The second kappa shape index (κ2) is 7.24. The highest BCUT2D eigenvalue weighted by Gasteiger charge is 2.16. The lowest BCUT2D eigenvalue weighted by Crippen LogP contribution is -2.37. The lowest BCUT2D eigenvalue weighted by Gasteiger charge is -2.28. The summed E-state index contributed by atoms with van der Waals surface area (Å²) in [5, 5.41) is 0. The molecular formula is C17H25N. The highest BCUT2D eigenvalue weighted by atomic mass is 15.1. The molecule has 1 rings (SSSR count). The van der Waals surface area contributed by atoms with Gasteiger partial charge >= 0.3 is 0 Å². The van der Waals surface area contributed by atoms with E-state index in [1.807, 2.05) is 0 Å². The van der Waals surface area contributed by atoms with E-state index in [1.165, 1.54) is 5.56 Å². The summed E-state index contributed by atoms with van der Waals surface area (Å²) in [5.74, 6) is 7.32. The fourth-order valence-corrected chi connectivity index (χ4v) is 2.18. The van der Waals surface area contributed by atoms with Crippen LogP contribution in [0.5, 0.6) is 0 Å². The molecule has 0 bridgehead atoms. The van der Waals surface area contributed by atoms with Gasteiger partial charge in [-0.25, -0.2) is 0 Å². The molecule has 1 aromatic rings. The minimum Gasteiger partial charge on any atom is -0.290 e. The monoisotopic (exact) mass is 243 g/mol. The van der Waals surface area contributed by atoms with E-state index in [-0.39, 0.29) is 0 Å². The van der Waals surface area contributed by atoms with E-state index in [2.05, 4.69) is 75.6 Å². The van der Waals surface area contributed by atoms with E-state index in [0.717, 1.165) is 18.7 Å². The molecule has 98 valence electrons. The van der Waals surface area contributed by atoms with Crippen molar-refractivity contribution in [1.29, 1.82) is 0 Å². The summed E-state index contributed by atoms with van der Waals surface area (Å²) < 4.78 is 0. The maximum atomic E-state index is 3.44. The van der Waals surface area contributed by atoms with Crippen LogP contribution >= 0.6 is 0 Å². The molecule has 0 radical (unpaired) electrons. The first kappa shape index (κ1) is 14.8. The van der Waals surface area contributed by atoms with Gasteiger partial charge in [0.1, 0.15) is 0 Å². The molecule has 1 unspecified atom stereocenters. The Kier molecular flexibility index (Phi) is 5.95. The predicted octanol–water partition coefficient (Wildman–Crippen LogP) is 3.71. The highest BCUT2D eigenvalue weighted by molar-refractivity contribution is 5.37. The SMILES string of the molecule is CCN(CC)C(C#Cc1cccc(C)c1)C(C)C. The molecule has 0 heterocycles. The molecule has 1 heteroatoms. The molecule has 0 saturated heterocycles. The van der Waals surface area contributed by atoms with Gasteiger partial charge in [0, 0.05) is 5.56 Å². The van der Waals surface area contributed by atoms with Crippen molar-refractivity contribution in [3.8, 4) is 11.8 Å². The van der Waals surface area contributed by atoms with Crippen LogP contribution in [-0.2, 0) is 0 Å². The molecule has 1 nitrogen and oxygen atoms in total. The molecular weight excluding hydrogens is 218 g/mol. The van der Waals surface area contributed by atoms with Gasteiger partial charge in [-0.3, -0.25) is 4.90 Å². The summed E-state index contributed by atoms with van der Waals surface area (Å²) in [4.78, 5) is 2.42. The van der Waals surface area contributed by atoms with E-state index >= 15 is 0 Å². The fourth-order valence-electron chi connectivity index (χ4n) is 2.18. The second-order valence-corrected chi connectivity index (χ2v) is 5.05. The third-order valence-electron chi connectivity index (χ3n) is 3.22. The van der Waals surface area contributed by atoms with Crippen molar-refractivity contribution >= 4 is 0 Å². The zero-order chi connectivity index (χ0) is 13.5. The number of aryl methyl sites for hydroxylation is 1. The summed E-state index contributed by atoms with van der Waals surface area (Å²) in [6.07, 6.45) is 0. The summed E-state index contributed by atoms with van der Waals surface area (Å²) in [6.45, 7) is 13.1. The van der Waals surface area contributed by atoms with Gasteiger partial charge in [0.05, 0.1) is 6.04 Å². The molecule has 0 aliphatic rings. The quantitative estimate of drug-likeness (QED) is 0.729. The Labute approximate surface area is 112 Å². The maximum Gasteiger partial charge on any atom is 0.0741 e. The molecule has 0 spiro atoms. The number of nitrogens with zero attached hydrogens (tertiary/aromatic N) is 1. The van der Waals surface area contributed by atoms with Crippen LogP contribution in [0.2, 0.25) is 0 Å². The first-order valence-corrected chi connectivity index (χ1v) is 6.90. The molecule has 0 fully saturated rings. The van der Waals surface area contributed by atoms with Gasteiger partial charge < -0.3 is 0 Å². The van der Waals surface area contributed by atoms with Crippen LogP contribution < -0.4 is 0 Å². The van der Waals surface area contributed by atoms with Crippen LogP contribution in [0.3, 0.4) is 0 Å². The number of hydrogen-bond acceptors (Lipinski definition) is 1. The van der Waals surface area contributed by atoms with Crippen LogP contribution in [-0.4, -0.2) is 24.0 Å². The van der Waals surface area contributed by atoms with Crippen LogP contribution in [0, 0.1) is 24.7 Å². The summed E-state index contributed by atoms with van der Waals surface area (Å²) in [6, 6.07) is 8.75. The molecule has 0 aliphatic carbocycles. The summed E-state index contributed by atoms with van der Waals surface area (Å²) in [7, 11) is 0. The standard InChI is InChI=1S/C17H25N/c1-6-18(7-2)17(14(3)4)12-11-16-10-8-9-15(5)13-16/h8-10,13-14,17H,6-7H2,1-5H3. The third kappa shape index (κ3) is 4.20. The van der Waals surface area contributed by atoms with Gasteiger partial charge in [-0.1, -0.05) is 51.7 Å². The van der Waals surface area contributed by atoms with E-state index in [9.17, 15) is 0 Å². The molecule has 18 heavy (non-hydrogen) atoms. The molecule has 1 aromatic carbocycles. The summed E-state index contributed by atoms with van der Waals surface area (Å²) in [5.41, 5.74) is 2.39. The predicted molar refractivity (Wildman–Crippen MR) is 79.6 cm³/mol.